The Morgan fingerprint density at radius 1 is 1.11 bits per heavy atom. The van der Waals surface area contributed by atoms with Crippen LogP contribution in [0.1, 0.15) is 19.4 Å². The Bertz CT molecular complexity index is 897. The number of hydrogen-bond donors (Lipinski definition) is 0. The second kappa shape index (κ2) is 8.78. The van der Waals surface area contributed by atoms with Gasteiger partial charge in [-0.25, -0.2) is 0 Å². The number of carbonyl (C=O) groups excluding carboxylic acids is 1. The summed E-state index contributed by atoms with van der Waals surface area (Å²) in [7, 11) is 0. The lowest BCUT2D eigenvalue weighted by Crippen LogP contribution is -2.27. The van der Waals surface area contributed by atoms with Crippen molar-refractivity contribution < 1.29 is 14.3 Å². The molecule has 1 saturated heterocycles. The molecule has 3 rings (SSSR count). The first-order valence-corrected chi connectivity index (χ1v) is 10.1. The minimum absolute atomic E-state index is 0.163. The summed E-state index contributed by atoms with van der Waals surface area (Å²) in [5, 5.41) is 0.607. The summed E-state index contributed by atoms with van der Waals surface area (Å²) in [6.45, 7) is 4.93. The summed E-state index contributed by atoms with van der Waals surface area (Å²) in [6, 6.07) is 12.6. The van der Waals surface area contributed by atoms with Crippen LogP contribution in [0, 0.1) is 0 Å². The summed E-state index contributed by atoms with van der Waals surface area (Å²) in [6.07, 6.45) is 1.80. The minimum atomic E-state index is -0.163. The average Bonchev–Trinajstić information content (AvgIpc) is 2.92. The molecule has 0 spiro atoms. The van der Waals surface area contributed by atoms with E-state index in [9.17, 15) is 4.79 Å². The van der Waals surface area contributed by atoms with E-state index >= 15 is 0 Å². The largest absolute Gasteiger partial charge is 0.494 e. The van der Waals surface area contributed by atoms with Crippen molar-refractivity contribution >= 4 is 57.6 Å². The molecule has 140 valence electrons. The van der Waals surface area contributed by atoms with E-state index in [-0.39, 0.29) is 5.91 Å². The molecule has 2 aromatic carbocycles. The molecule has 0 aliphatic carbocycles. The highest BCUT2D eigenvalue weighted by Gasteiger charge is 2.33. The van der Waals surface area contributed by atoms with E-state index in [0.717, 1.165) is 11.3 Å². The Balaban J connectivity index is 1.92. The summed E-state index contributed by atoms with van der Waals surface area (Å²) in [5.41, 5.74) is 1.50. The Morgan fingerprint density at radius 2 is 1.81 bits per heavy atom. The third kappa shape index (κ3) is 4.46. The lowest BCUT2D eigenvalue weighted by molar-refractivity contribution is -0.113. The average molecular weight is 420 g/mol. The van der Waals surface area contributed by atoms with Crippen LogP contribution in [0.2, 0.25) is 5.02 Å². The van der Waals surface area contributed by atoms with Gasteiger partial charge < -0.3 is 9.47 Å². The van der Waals surface area contributed by atoms with Gasteiger partial charge in [0.05, 0.1) is 23.8 Å². The van der Waals surface area contributed by atoms with Crippen LogP contribution in [-0.4, -0.2) is 23.4 Å². The van der Waals surface area contributed by atoms with Gasteiger partial charge in [0.2, 0.25) is 0 Å². The lowest BCUT2D eigenvalue weighted by Gasteiger charge is -2.14. The first-order chi connectivity index (χ1) is 13.0. The standard InChI is InChI=1S/C20H18ClNO3S2/c1-3-24-16-10-5-13(17(12-16)25-4-2)11-18-19(23)22(20(26)27-18)15-8-6-14(21)7-9-15/h5-12H,3-4H2,1-2H3/b18-11-. The highest BCUT2D eigenvalue weighted by atomic mass is 35.5. The van der Waals surface area contributed by atoms with Crippen LogP contribution in [0.5, 0.6) is 11.5 Å². The number of halogens is 1. The maximum absolute atomic E-state index is 12.9. The minimum Gasteiger partial charge on any atom is -0.494 e. The Morgan fingerprint density at radius 3 is 2.48 bits per heavy atom. The van der Waals surface area contributed by atoms with Gasteiger partial charge in [-0.1, -0.05) is 35.6 Å². The molecule has 27 heavy (non-hydrogen) atoms. The number of carbonyl (C=O) groups is 1. The number of thiocarbonyl (C=S) groups is 1. The number of benzene rings is 2. The maximum Gasteiger partial charge on any atom is 0.270 e. The summed E-state index contributed by atoms with van der Waals surface area (Å²) in [5.74, 6) is 1.23. The van der Waals surface area contributed by atoms with E-state index in [1.165, 1.54) is 16.7 Å². The van der Waals surface area contributed by atoms with Crippen molar-refractivity contribution in [2.24, 2.45) is 0 Å². The van der Waals surface area contributed by atoms with Crippen LogP contribution >= 0.6 is 35.6 Å². The number of thioether (sulfide) groups is 1. The van der Waals surface area contributed by atoms with Crippen molar-refractivity contribution in [3.05, 3.63) is 58.0 Å². The molecule has 1 fully saturated rings. The monoisotopic (exact) mass is 419 g/mol. The van der Waals surface area contributed by atoms with Gasteiger partial charge in [-0.05, 0) is 56.3 Å². The Labute approximate surface area is 173 Å². The third-order valence-corrected chi connectivity index (χ3v) is 5.32. The quantitative estimate of drug-likeness (QED) is 0.453. The van der Waals surface area contributed by atoms with E-state index in [0.29, 0.717) is 38.9 Å². The van der Waals surface area contributed by atoms with Crippen LogP contribution in [0.4, 0.5) is 5.69 Å². The zero-order valence-electron chi connectivity index (χ0n) is 14.9. The summed E-state index contributed by atoms with van der Waals surface area (Å²) < 4.78 is 11.7. The molecule has 1 heterocycles. The predicted molar refractivity (Wildman–Crippen MR) is 116 cm³/mol. The molecule has 1 aliphatic heterocycles. The fourth-order valence-corrected chi connectivity index (χ4v) is 4.01. The molecular formula is C20H18ClNO3S2. The number of nitrogens with zero attached hydrogens (tertiary/aromatic N) is 1. The second-order valence-corrected chi connectivity index (χ2v) is 7.67. The Kier molecular flexibility index (Phi) is 6.42. The first kappa shape index (κ1) is 19.7. The smallest absolute Gasteiger partial charge is 0.270 e. The van der Waals surface area contributed by atoms with Crippen molar-refractivity contribution in [2.45, 2.75) is 13.8 Å². The normalized spacial score (nSPS) is 15.5. The molecule has 0 radical (unpaired) electrons. The van der Waals surface area contributed by atoms with Crippen LogP contribution in [0.3, 0.4) is 0 Å². The topological polar surface area (TPSA) is 38.8 Å². The number of anilines is 1. The van der Waals surface area contributed by atoms with Gasteiger partial charge in [0.25, 0.3) is 5.91 Å². The van der Waals surface area contributed by atoms with Gasteiger partial charge in [0.1, 0.15) is 11.5 Å². The zero-order valence-corrected chi connectivity index (χ0v) is 17.3. The van der Waals surface area contributed by atoms with E-state index in [2.05, 4.69) is 0 Å². The highest BCUT2D eigenvalue weighted by Crippen LogP contribution is 2.38. The number of amides is 1. The van der Waals surface area contributed by atoms with E-state index in [1.807, 2.05) is 32.0 Å². The molecule has 0 atom stereocenters. The molecule has 0 unspecified atom stereocenters. The van der Waals surface area contributed by atoms with E-state index in [4.69, 9.17) is 33.3 Å². The lowest BCUT2D eigenvalue weighted by atomic mass is 10.1. The molecule has 0 N–H and O–H groups in total. The van der Waals surface area contributed by atoms with Gasteiger partial charge in [-0.3, -0.25) is 9.69 Å². The maximum atomic E-state index is 12.9. The second-order valence-electron chi connectivity index (χ2n) is 5.56. The zero-order chi connectivity index (χ0) is 19.4. The molecular weight excluding hydrogens is 402 g/mol. The van der Waals surface area contributed by atoms with Crippen molar-refractivity contribution in [1.29, 1.82) is 0 Å². The van der Waals surface area contributed by atoms with Gasteiger partial charge in [-0.2, -0.15) is 0 Å². The van der Waals surface area contributed by atoms with Gasteiger partial charge >= 0.3 is 0 Å². The molecule has 2 aromatic rings. The fraction of sp³-hybridized carbons (Fsp3) is 0.200. The molecule has 1 aliphatic rings. The van der Waals surface area contributed by atoms with Gasteiger partial charge in [0.15, 0.2) is 4.32 Å². The molecule has 7 heteroatoms. The summed E-state index contributed by atoms with van der Waals surface area (Å²) >= 11 is 12.6. The predicted octanol–water partition coefficient (Wildman–Crippen LogP) is 5.54. The number of hydrogen-bond acceptors (Lipinski definition) is 5. The molecule has 0 saturated carbocycles. The van der Waals surface area contributed by atoms with Gasteiger partial charge in [-0.15, -0.1) is 0 Å². The van der Waals surface area contributed by atoms with Crippen LogP contribution < -0.4 is 14.4 Å². The molecule has 0 bridgehead atoms. The van der Waals surface area contributed by atoms with Crippen molar-refractivity contribution in [3.8, 4) is 11.5 Å². The van der Waals surface area contributed by atoms with Crippen LogP contribution in [0.15, 0.2) is 47.4 Å². The van der Waals surface area contributed by atoms with Crippen LogP contribution in [-0.2, 0) is 4.79 Å². The first-order valence-electron chi connectivity index (χ1n) is 8.46. The fourth-order valence-electron chi connectivity index (χ4n) is 2.59. The van der Waals surface area contributed by atoms with Crippen molar-refractivity contribution in [1.82, 2.24) is 0 Å². The van der Waals surface area contributed by atoms with Crippen molar-refractivity contribution in [2.75, 3.05) is 18.1 Å². The number of rotatable bonds is 6. The summed E-state index contributed by atoms with van der Waals surface area (Å²) in [4.78, 5) is 14.9. The third-order valence-electron chi connectivity index (χ3n) is 3.76. The van der Waals surface area contributed by atoms with Crippen molar-refractivity contribution in [3.63, 3.8) is 0 Å². The Hall–Kier alpha value is -2.02. The number of ether oxygens (including phenoxy) is 2. The molecule has 4 nitrogen and oxygen atoms in total. The molecule has 0 aromatic heterocycles. The SMILES string of the molecule is CCOc1ccc(/C=C2\SC(=S)N(c3ccc(Cl)cc3)C2=O)c(OCC)c1. The van der Waals surface area contributed by atoms with E-state index < -0.39 is 0 Å². The molecule has 1 amide bonds. The van der Waals surface area contributed by atoms with Crippen LogP contribution in [0.25, 0.3) is 6.08 Å². The highest BCUT2D eigenvalue weighted by molar-refractivity contribution is 8.27. The van der Waals surface area contributed by atoms with Gasteiger partial charge in [0, 0.05) is 16.7 Å². The van der Waals surface area contributed by atoms with E-state index in [1.54, 1.807) is 30.3 Å².